The summed E-state index contributed by atoms with van der Waals surface area (Å²) in [5.41, 5.74) is 1.08. The van der Waals surface area contributed by atoms with Crippen LogP contribution in [0.1, 0.15) is 29.6 Å². The SMILES string of the molecule is CNC(=O)c1cc(-c2ccc(NC3CC[C@@H](F)C3)nn2)ccc1F. The molecule has 5 nitrogen and oxygen atoms in total. The smallest absolute Gasteiger partial charge is 0.254 e. The lowest BCUT2D eigenvalue weighted by Gasteiger charge is -2.12. The van der Waals surface area contributed by atoms with Crippen molar-refractivity contribution in [1.29, 1.82) is 0 Å². The molecule has 0 bridgehead atoms. The van der Waals surface area contributed by atoms with Crippen LogP contribution < -0.4 is 10.6 Å². The molecule has 1 aromatic carbocycles. The van der Waals surface area contributed by atoms with Crippen LogP contribution in [0.4, 0.5) is 14.6 Å². The quantitative estimate of drug-likeness (QED) is 0.903. The number of anilines is 1. The van der Waals surface area contributed by atoms with E-state index in [0.717, 1.165) is 6.42 Å². The first-order valence-electron chi connectivity index (χ1n) is 7.83. The first-order valence-corrected chi connectivity index (χ1v) is 7.83. The summed E-state index contributed by atoms with van der Waals surface area (Å²) in [4.78, 5) is 11.7. The minimum atomic E-state index is -0.753. The second-order valence-corrected chi connectivity index (χ2v) is 5.83. The van der Waals surface area contributed by atoms with Crippen LogP contribution in [0.15, 0.2) is 30.3 Å². The monoisotopic (exact) mass is 332 g/mol. The molecule has 1 aliphatic carbocycles. The summed E-state index contributed by atoms with van der Waals surface area (Å²) >= 11 is 0. The van der Waals surface area contributed by atoms with E-state index in [1.54, 1.807) is 18.2 Å². The van der Waals surface area contributed by atoms with Crippen molar-refractivity contribution in [3.8, 4) is 11.3 Å². The maximum absolute atomic E-state index is 13.7. The van der Waals surface area contributed by atoms with Crippen LogP contribution in [0, 0.1) is 5.82 Å². The van der Waals surface area contributed by atoms with Crippen molar-refractivity contribution >= 4 is 11.7 Å². The van der Waals surface area contributed by atoms with Crippen molar-refractivity contribution in [3.63, 3.8) is 0 Å². The topological polar surface area (TPSA) is 66.9 Å². The van der Waals surface area contributed by atoms with Crippen LogP contribution in [0.25, 0.3) is 11.3 Å². The Morgan fingerprint density at radius 1 is 1.21 bits per heavy atom. The van der Waals surface area contributed by atoms with Crippen LogP contribution in [-0.4, -0.2) is 35.4 Å². The van der Waals surface area contributed by atoms with Crippen LogP contribution in [0.3, 0.4) is 0 Å². The molecule has 3 rings (SSSR count). The average Bonchev–Trinajstić information content (AvgIpc) is 3.00. The van der Waals surface area contributed by atoms with Gasteiger partial charge >= 0.3 is 0 Å². The summed E-state index contributed by atoms with van der Waals surface area (Å²) in [5.74, 6) is -0.513. The van der Waals surface area contributed by atoms with Gasteiger partial charge in [0, 0.05) is 18.7 Å². The summed E-state index contributed by atoms with van der Waals surface area (Å²) in [5, 5.41) is 13.7. The summed E-state index contributed by atoms with van der Waals surface area (Å²) < 4.78 is 26.9. The molecule has 0 spiro atoms. The zero-order valence-corrected chi connectivity index (χ0v) is 13.2. The maximum Gasteiger partial charge on any atom is 0.254 e. The molecular formula is C17H18F2N4O. The molecule has 1 saturated carbocycles. The predicted octanol–water partition coefficient (Wildman–Crippen LogP) is 2.94. The van der Waals surface area contributed by atoms with E-state index in [1.807, 2.05) is 0 Å². The third kappa shape index (κ3) is 3.50. The summed E-state index contributed by atoms with van der Waals surface area (Å²) in [6.07, 6.45) is 1.08. The highest BCUT2D eigenvalue weighted by atomic mass is 19.1. The number of hydrogen-bond donors (Lipinski definition) is 2. The fraction of sp³-hybridized carbons (Fsp3) is 0.353. The van der Waals surface area contributed by atoms with E-state index in [0.29, 0.717) is 29.9 Å². The van der Waals surface area contributed by atoms with Crippen LogP contribution >= 0.6 is 0 Å². The number of aromatic nitrogens is 2. The van der Waals surface area contributed by atoms with Gasteiger partial charge in [0.1, 0.15) is 17.8 Å². The van der Waals surface area contributed by atoms with Gasteiger partial charge in [0.15, 0.2) is 0 Å². The van der Waals surface area contributed by atoms with Gasteiger partial charge in [0.05, 0.1) is 11.3 Å². The second-order valence-electron chi connectivity index (χ2n) is 5.83. The number of benzene rings is 1. The first kappa shape index (κ1) is 16.3. The number of nitrogens with zero attached hydrogens (tertiary/aromatic N) is 2. The molecule has 0 saturated heterocycles. The molecule has 2 aromatic rings. The van der Waals surface area contributed by atoms with Gasteiger partial charge in [-0.3, -0.25) is 4.79 Å². The Morgan fingerprint density at radius 2 is 2.04 bits per heavy atom. The Bertz CT molecular complexity index is 736. The van der Waals surface area contributed by atoms with E-state index in [1.165, 1.54) is 19.2 Å². The van der Waals surface area contributed by atoms with Crippen molar-refractivity contribution < 1.29 is 13.6 Å². The average molecular weight is 332 g/mol. The van der Waals surface area contributed by atoms with Crippen molar-refractivity contribution in [2.45, 2.75) is 31.5 Å². The highest BCUT2D eigenvalue weighted by Gasteiger charge is 2.24. The zero-order chi connectivity index (χ0) is 17.1. The lowest BCUT2D eigenvalue weighted by Crippen LogP contribution is -2.19. The van der Waals surface area contributed by atoms with Gasteiger partial charge in [0.2, 0.25) is 0 Å². The van der Waals surface area contributed by atoms with E-state index in [4.69, 9.17) is 0 Å². The third-order valence-corrected chi connectivity index (χ3v) is 4.12. The Hall–Kier alpha value is -2.57. The molecule has 0 radical (unpaired) electrons. The molecule has 1 aliphatic rings. The molecule has 7 heteroatoms. The fourth-order valence-corrected chi connectivity index (χ4v) is 2.82. The van der Waals surface area contributed by atoms with Gasteiger partial charge in [-0.05, 0) is 49.6 Å². The fourth-order valence-electron chi connectivity index (χ4n) is 2.82. The molecular weight excluding hydrogens is 314 g/mol. The Morgan fingerprint density at radius 3 is 2.67 bits per heavy atom. The first-order chi connectivity index (χ1) is 11.6. The standard InChI is InChI=1S/C17H18F2N4O/c1-20-17(24)13-8-10(2-5-14(13)19)15-6-7-16(23-22-15)21-12-4-3-11(18)9-12/h2,5-8,11-12H,3-4,9H2,1H3,(H,20,24)(H,21,23)/t11-,12?/m1/s1. The predicted molar refractivity (Wildman–Crippen MR) is 87.0 cm³/mol. The largest absolute Gasteiger partial charge is 0.366 e. The molecule has 2 atom stereocenters. The van der Waals surface area contributed by atoms with E-state index in [-0.39, 0.29) is 11.6 Å². The lowest BCUT2D eigenvalue weighted by molar-refractivity contribution is 0.0959. The van der Waals surface area contributed by atoms with Crippen molar-refractivity contribution in [3.05, 3.63) is 41.7 Å². The number of amides is 1. The molecule has 1 amide bonds. The molecule has 2 N–H and O–H groups in total. The summed E-state index contributed by atoms with van der Waals surface area (Å²) in [7, 11) is 1.44. The summed E-state index contributed by atoms with van der Waals surface area (Å²) in [6.45, 7) is 0. The number of alkyl halides is 1. The van der Waals surface area contributed by atoms with Crippen molar-refractivity contribution in [2.24, 2.45) is 0 Å². The van der Waals surface area contributed by atoms with Gasteiger partial charge in [0.25, 0.3) is 5.91 Å². The van der Waals surface area contributed by atoms with Crippen LogP contribution in [-0.2, 0) is 0 Å². The van der Waals surface area contributed by atoms with Gasteiger partial charge in [-0.1, -0.05) is 0 Å². The normalized spacial score (nSPS) is 20.0. The molecule has 1 heterocycles. The zero-order valence-electron chi connectivity index (χ0n) is 13.2. The number of carbonyl (C=O) groups is 1. The maximum atomic E-state index is 13.7. The number of carbonyl (C=O) groups excluding carboxylic acids is 1. The Kier molecular flexibility index (Phi) is 4.69. The molecule has 1 aromatic heterocycles. The Balaban J connectivity index is 1.77. The van der Waals surface area contributed by atoms with E-state index in [9.17, 15) is 13.6 Å². The molecule has 1 unspecified atom stereocenters. The summed E-state index contributed by atoms with van der Waals surface area (Å²) in [6, 6.07) is 7.77. The molecule has 126 valence electrons. The highest BCUT2D eigenvalue weighted by molar-refractivity contribution is 5.95. The molecule has 0 aliphatic heterocycles. The van der Waals surface area contributed by atoms with E-state index in [2.05, 4.69) is 20.8 Å². The molecule has 24 heavy (non-hydrogen) atoms. The Labute approximate surface area is 138 Å². The highest BCUT2D eigenvalue weighted by Crippen LogP contribution is 2.25. The minimum Gasteiger partial charge on any atom is -0.366 e. The third-order valence-electron chi connectivity index (χ3n) is 4.12. The minimum absolute atomic E-state index is 0.0426. The van der Waals surface area contributed by atoms with Gasteiger partial charge in [-0.25, -0.2) is 8.78 Å². The lowest BCUT2D eigenvalue weighted by atomic mass is 10.1. The molecule has 1 fully saturated rings. The van der Waals surface area contributed by atoms with E-state index >= 15 is 0 Å². The van der Waals surface area contributed by atoms with Gasteiger partial charge in [-0.2, -0.15) is 0 Å². The number of nitrogens with one attached hydrogen (secondary N) is 2. The second kappa shape index (κ2) is 6.90. The number of rotatable bonds is 4. The van der Waals surface area contributed by atoms with E-state index < -0.39 is 17.9 Å². The number of hydrogen-bond acceptors (Lipinski definition) is 4. The van der Waals surface area contributed by atoms with Crippen LogP contribution in [0.5, 0.6) is 0 Å². The van der Waals surface area contributed by atoms with Crippen LogP contribution in [0.2, 0.25) is 0 Å². The van der Waals surface area contributed by atoms with Gasteiger partial charge in [-0.15, -0.1) is 10.2 Å². The number of halogens is 2. The van der Waals surface area contributed by atoms with Crippen molar-refractivity contribution in [1.82, 2.24) is 15.5 Å². The van der Waals surface area contributed by atoms with Gasteiger partial charge < -0.3 is 10.6 Å². The van der Waals surface area contributed by atoms with Crippen molar-refractivity contribution in [2.75, 3.05) is 12.4 Å².